The number of methoxy groups -OCH3 is 2. The van der Waals surface area contributed by atoms with Crippen LogP contribution < -0.4 is 19.7 Å². The molecule has 2 aromatic carbocycles. The van der Waals surface area contributed by atoms with Crippen LogP contribution in [0.15, 0.2) is 36.4 Å². The lowest BCUT2D eigenvalue weighted by atomic mass is 10.0. The lowest BCUT2D eigenvalue weighted by molar-refractivity contribution is -0.121. The van der Waals surface area contributed by atoms with Gasteiger partial charge in [0.2, 0.25) is 5.91 Å². The van der Waals surface area contributed by atoms with E-state index in [0.717, 1.165) is 0 Å². The molecule has 1 N–H and O–H groups in total. The molecule has 1 atom stereocenters. The molecular weight excluding hydrogens is 450 g/mol. The molecule has 3 amide bonds. The number of hydrogen-bond acceptors (Lipinski definition) is 6. The second-order valence-electron chi connectivity index (χ2n) is 8.70. The van der Waals surface area contributed by atoms with Crippen molar-refractivity contribution in [1.29, 1.82) is 0 Å². The van der Waals surface area contributed by atoms with E-state index in [9.17, 15) is 14.4 Å². The molecule has 0 bridgehead atoms. The number of nitrogens with zero attached hydrogens (tertiary/aromatic N) is 2. The van der Waals surface area contributed by atoms with Gasteiger partial charge in [0.05, 0.1) is 37.1 Å². The average Bonchev–Trinajstić information content (AvgIpc) is 3.15. The maximum Gasteiger partial charge on any atom is 0.264 e. The molecule has 2 heterocycles. The van der Waals surface area contributed by atoms with Gasteiger partial charge in [0.1, 0.15) is 6.17 Å². The van der Waals surface area contributed by atoms with Crippen LogP contribution in [0.5, 0.6) is 11.5 Å². The lowest BCUT2D eigenvalue weighted by Crippen LogP contribution is -2.49. The first-order chi connectivity index (χ1) is 16.9. The standard InChI is InChI=1S/C26H31N3O6/c1-16(2)35-15-7-13-27-21(30)12-14-28-24-18-10-11-20(33-3)23(34-4)22(18)26(32)29(24)19-9-6-5-8-17(19)25(28)31/h5-6,8-11,16,24H,7,12-15H2,1-4H3,(H,27,30). The summed E-state index contributed by atoms with van der Waals surface area (Å²) < 4.78 is 16.4. The van der Waals surface area contributed by atoms with Crippen molar-refractivity contribution in [1.82, 2.24) is 10.2 Å². The number of amides is 3. The van der Waals surface area contributed by atoms with Crippen molar-refractivity contribution in [3.05, 3.63) is 53.1 Å². The van der Waals surface area contributed by atoms with Crippen molar-refractivity contribution in [3.63, 3.8) is 0 Å². The number of ether oxygens (including phenoxy) is 3. The number of fused-ring (bicyclic) bond motifs is 5. The van der Waals surface area contributed by atoms with Gasteiger partial charge >= 0.3 is 0 Å². The van der Waals surface area contributed by atoms with Crippen LogP contribution >= 0.6 is 0 Å². The van der Waals surface area contributed by atoms with E-state index in [2.05, 4.69) is 5.32 Å². The highest BCUT2D eigenvalue weighted by atomic mass is 16.5. The Hall–Kier alpha value is -3.59. The molecule has 186 valence electrons. The molecule has 4 rings (SSSR count). The van der Waals surface area contributed by atoms with Crippen LogP contribution in [-0.2, 0) is 9.53 Å². The number of benzene rings is 2. The summed E-state index contributed by atoms with van der Waals surface area (Å²) in [6, 6.07) is 10.5. The first-order valence-corrected chi connectivity index (χ1v) is 11.8. The van der Waals surface area contributed by atoms with Crippen LogP contribution in [-0.4, -0.2) is 62.6 Å². The van der Waals surface area contributed by atoms with Crippen molar-refractivity contribution in [2.45, 2.75) is 39.0 Å². The Bertz CT molecular complexity index is 1130. The van der Waals surface area contributed by atoms with Crippen molar-refractivity contribution in [2.24, 2.45) is 0 Å². The fourth-order valence-electron chi connectivity index (χ4n) is 4.58. The zero-order valence-corrected chi connectivity index (χ0v) is 20.5. The monoisotopic (exact) mass is 481 g/mol. The number of para-hydroxylation sites is 1. The van der Waals surface area contributed by atoms with Gasteiger partial charge in [0, 0.05) is 31.7 Å². The third-order valence-corrected chi connectivity index (χ3v) is 6.16. The van der Waals surface area contributed by atoms with E-state index in [4.69, 9.17) is 14.2 Å². The minimum atomic E-state index is -0.674. The number of hydrogen-bond donors (Lipinski definition) is 1. The van der Waals surface area contributed by atoms with E-state index in [1.54, 1.807) is 46.2 Å². The van der Waals surface area contributed by atoms with Crippen LogP contribution in [0.1, 0.15) is 59.1 Å². The Morgan fingerprint density at radius 1 is 1.06 bits per heavy atom. The molecule has 2 aliphatic heterocycles. The molecule has 0 spiro atoms. The van der Waals surface area contributed by atoms with Crippen molar-refractivity contribution in [3.8, 4) is 11.5 Å². The minimum Gasteiger partial charge on any atom is -0.493 e. The van der Waals surface area contributed by atoms with Gasteiger partial charge in [-0.05, 0) is 38.5 Å². The minimum absolute atomic E-state index is 0.111. The highest BCUT2D eigenvalue weighted by molar-refractivity contribution is 6.18. The summed E-state index contributed by atoms with van der Waals surface area (Å²) in [6.45, 7) is 5.15. The van der Waals surface area contributed by atoms with Crippen molar-refractivity contribution < 1.29 is 28.6 Å². The molecule has 35 heavy (non-hydrogen) atoms. The number of rotatable bonds is 10. The van der Waals surface area contributed by atoms with Gasteiger partial charge in [-0.3, -0.25) is 19.3 Å². The molecule has 0 aliphatic carbocycles. The van der Waals surface area contributed by atoms with E-state index in [-0.39, 0.29) is 36.8 Å². The molecule has 1 unspecified atom stereocenters. The largest absolute Gasteiger partial charge is 0.493 e. The van der Waals surface area contributed by atoms with Gasteiger partial charge < -0.3 is 24.4 Å². The normalized spacial score (nSPS) is 16.2. The second-order valence-corrected chi connectivity index (χ2v) is 8.70. The highest BCUT2D eigenvalue weighted by Gasteiger charge is 2.49. The molecule has 0 saturated carbocycles. The van der Waals surface area contributed by atoms with E-state index < -0.39 is 6.17 Å². The lowest BCUT2D eigenvalue weighted by Gasteiger charge is -2.40. The van der Waals surface area contributed by atoms with E-state index in [0.29, 0.717) is 53.4 Å². The molecule has 2 aliphatic rings. The third-order valence-electron chi connectivity index (χ3n) is 6.16. The fraction of sp³-hybridized carbons (Fsp3) is 0.423. The topological polar surface area (TPSA) is 97.4 Å². The quantitative estimate of drug-likeness (QED) is 0.524. The SMILES string of the molecule is COc1ccc2c(c1OC)C(=O)N1c3ccccc3C(=O)N(CCC(=O)NCCCOC(C)C)C21. The van der Waals surface area contributed by atoms with Gasteiger partial charge in [-0.15, -0.1) is 0 Å². The summed E-state index contributed by atoms with van der Waals surface area (Å²) in [7, 11) is 2.99. The Labute approximate surface area is 204 Å². The van der Waals surface area contributed by atoms with Gasteiger partial charge in [-0.2, -0.15) is 0 Å². The molecule has 0 radical (unpaired) electrons. The molecule has 0 aromatic heterocycles. The first-order valence-electron chi connectivity index (χ1n) is 11.8. The average molecular weight is 482 g/mol. The van der Waals surface area contributed by atoms with Gasteiger partial charge in [0.15, 0.2) is 11.5 Å². The summed E-state index contributed by atoms with van der Waals surface area (Å²) in [5.74, 6) is 0.0995. The summed E-state index contributed by atoms with van der Waals surface area (Å²) in [5.41, 5.74) is 1.96. The van der Waals surface area contributed by atoms with Gasteiger partial charge in [-0.25, -0.2) is 0 Å². The molecule has 0 saturated heterocycles. The number of anilines is 1. The van der Waals surface area contributed by atoms with Crippen molar-refractivity contribution in [2.75, 3.05) is 38.8 Å². The smallest absolute Gasteiger partial charge is 0.264 e. The molecule has 2 aromatic rings. The third kappa shape index (κ3) is 4.55. The van der Waals surface area contributed by atoms with Crippen LogP contribution in [0, 0.1) is 0 Å². The summed E-state index contributed by atoms with van der Waals surface area (Å²) in [5, 5.41) is 2.88. The van der Waals surface area contributed by atoms with Gasteiger partial charge in [0.25, 0.3) is 11.8 Å². The number of carbonyl (C=O) groups is 3. The summed E-state index contributed by atoms with van der Waals surface area (Å²) >= 11 is 0. The van der Waals surface area contributed by atoms with Crippen LogP contribution in [0.25, 0.3) is 0 Å². The Kier molecular flexibility index (Phi) is 7.25. The first kappa shape index (κ1) is 24.5. The van der Waals surface area contributed by atoms with E-state index in [1.807, 2.05) is 13.8 Å². The zero-order valence-electron chi connectivity index (χ0n) is 20.5. The van der Waals surface area contributed by atoms with E-state index in [1.165, 1.54) is 14.2 Å². The summed E-state index contributed by atoms with van der Waals surface area (Å²) in [6.07, 6.45) is 0.295. The molecule has 9 heteroatoms. The number of carbonyl (C=O) groups excluding carboxylic acids is 3. The predicted octanol–water partition coefficient (Wildman–Crippen LogP) is 3.14. The van der Waals surface area contributed by atoms with Crippen LogP contribution in [0.4, 0.5) is 5.69 Å². The predicted molar refractivity (Wildman–Crippen MR) is 130 cm³/mol. The zero-order chi connectivity index (χ0) is 25.1. The highest BCUT2D eigenvalue weighted by Crippen LogP contribution is 2.49. The maximum absolute atomic E-state index is 13.6. The van der Waals surface area contributed by atoms with Gasteiger partial charge in [-0.1, -0.05) is 18.2 Å². The fourth-order valence-corrected chi connectivity index (χ4v) is 4.58. The Morgan fingerprint density at radius 3 is 2.54 bits per heavy atom. The Balaban J connectivity index is 1.59. The van der Waals surface area contributed by atoms with Crippen LogP contribution in [0.3, 0.4) is 0 Å². The second kappa shape index (κ2) is 10.4. The maximum atomic E-state index is 13.6. The van der Waals surface area contributed by atoms with E-state index >= 15 is 0 Å². The molecule has 9 nitrogen and oxygen atoms in total. The van der Waals surface area contributed by atoms with Crippen LogP contribution in [0.2, 0.25) is 0 Å². The molecule has 0 fully saturated rings. The Morgan fingerprint density at radius 2 is 1.83 bits per heavy atom. The van der Waals surface area contributed by atoms with Crippen molar-refractivity contribution >= 4 is 23.4 Å². The summed E-state index contributed by atoms with van der Waals surface area (Å²) in [4.78, 5) is 42.9. The molecular formula is C26H31N3O6. The number of nitrogens with one attached hydrogen (secondary N) is 1.